The summed E-state index contributed by atoms with van der Waals surface area (Å²) in [6.45, 7) is 4.16. The lowest BCUT2D eigenvalue weighted by molar-refractivity contribution is -0.149. The van der Waals surface area contributed by atoms with Crippen LogP contribution in [-0.4, -0.2) is 74.5 Å². The van der Waals surface area contributed by atoms with Crippen LogP contribution in [0.4, 0.5) is 0 Å². The van der Waals surface area contributed by atoms with Gasteiger partial charge in [-0.05, 0) is 54.5 Å². The number of nitrogens with zero attached hydrogens (tertiary/aromatic N) is 1. The number of carbonyl (C=O) groups excluding carboxylic acids is 3. The van der Waals surface area contributed by atoms with Crippen molar-refractivity contribution in [2.75, 3.05) is 6.54 Å². The number of amides is 3. The molecule has 0 spiro atoms. The molecule has 11 nitrogen and oxygen atoms in total. The van der Waals surface area contributed by atoms with Gasteiger partial charge >= 0.3 is 5.97 Å². The highest BCUT2D eigenvalue weighted by Gasteiger charge is 2.38. The quantitative estimate of drug-likeness (QED) is 0.191. The van der Waals surface area contributed by atoms with Crippen molar-refractivity contribution in [3.05, 3.63) is 65.9 Å². The summed E-state index contributed by atoms with van der Waals surface area (Å²) in [5.41, 5.74) is 8.43. The van der Waals surface area contributed by atoms with E-state index in [0.717, 1.165) is 16.5 Å². The largest absolute Gasteiger partial charge is 0.508 e. The summed E-state index contributed by atoms with van der Waals surface area (Å²) in [6.07, 6.45) is 3.28. The second-order valence-electron chi connectivity index (χ2n) is 11.3. The molecule has 4 unspecified atom stereocenters. The van der Waals surface area contributed by atoms with E-state index in [-0.39, 0.29) is 31.1 Å². The Morgan fingerprint density at radius 3 is 2.38 bits per heavy atom. The van der Waals surface area contributed by atoms with Gasteiger partial charge < -0.3 is 36.5 Å². The number of likely N-dealkylation sites (tertiary alicyclic amines) is 1. The molecule has 0 saturated carbocycles. The van der Waals surface area contributed by atoms with Crippen LogP contribution in [0.2, 0.25) is 0 Å². The molecule has 0 radical (unpaired) electrons. The second-order valence-corrected chi connectivity index (χ2v) is 11.3. The molecule has 224 valence electrons. The molecule has 2 aromatic carbocycles. The Kier molecular flexibility index (Phi) is 9.84. The minimum atomic E-state index is -1.09. The van der Waals surface area contributed by atoms with Gasteiger partial charge in [0.1, 0.15) is 23.9 Å². The minimum absolute atomic E-state index is 0.0609. The molecule has 2 heterocycles. The van der Waals surface area contributed by atoms with Crippen molar-refractivity contribution in [2.24, 2.45) is 11.7 Å². The van der Waals surface area contributed by atoms with Crippen molar-refractivity contribution in [3.8, 4) is 5.75 Å². The number of phenolic OH excluding ortho intramolecular Hbond substituents is 1. The number of nitrogens with two attached hydrogens (primary N) is 1. The zero-order valence-corrected chi connectivity index (χ0v) is 23.9. The van der Waals surface area contributed by atoms with E-state index in [1.165, 1.54) is 17.0 Å². The third-order valence-corrected chi connectivity index (χ3v) is 7.61. The van der Waals surface area contributed by atoms with Gasteiger partial charge in [-0.15, -0.1) is 0 Å². The predicted octanol–water partition coefficient (Wildman–Crippen LogP) is 2.08. The molecule has 3 aromatic rings. The molecular weight excluding hydrogens is 538 g/mol. The SMILES string of the molecule is CC(C)CC(N)C(=O)NC(Cc1ccc(O)cc1)C(=O)NC(Cc1c[nH]c2ccccc12)C(=O)N1CCCC1C(=O)O. The average Bonchev–Trinajstić information content (AvgIpc) is 3.60. The van der Waals surface area contributed by atoms with E-state index in [0.29, 0.717) is 24.8 Å². The highest BCUT2D eigenvalue weighted by Crippen LogP contribution is 2.23. The number of aromatic nitrogens is 1. The number of hydrogen-bond donors (Lipinski definition) is 6. The highest BCUT2D eigenvalue weighted by molar-refractivity contribution is 5.95. The van der Waals surface area contributed by atoms with Crippen LogP contribution in [0.5, 0.6) is 5.75 Å². The molecule has 1 aromatic heterocycles. The maximum absolute atomic E-state index is 13.8. The smallest absolute Gasteiger partial charge is 0.326 e. The number of carboxylic acid groups (broad SMARTS) is 1. The number of phenols is 1. The average molecular weight is 578 g/mol. The Bertz CT molecular complexity index is 1420. The third-order valence-electron chi connectivity index (χ3n) is 7.61. The van der Waals surface area contributed by atoms with Gasteiger partial charge in [0.15, 0.2) is 0 Å². The lowest BCUT2D eigenvalue weighted by Gasteiger charge is -2.29. The molecule has 42 heavy (non-hydrogen) atoms. The highest BCUT2D eigenvalue weighted by atomic mass is 16.4. The Morgan fingerprint density at radius 2 is 1.69 bits per heavy atom. The summed E-state index contributed by atoms with van der Waals surface area (Å²) in [5.74, 6) is -2.45. The molecule has 7 N–H and O–H groups in total. The number of benzene rings is 2. The number of aromatic amines is 1. The fourth-order valence-electron chi connectivity index (χ4n) is 5.45. The van der Waals surface area contributed by atoms with Crippen molar-refractivity contribution in [1.29, 1.82) is 0 Å². The van der Waals surface area contributed by atoms with Crippen LogP contribution >= 0.6 is 0 Å². The second kappa shape index (κ2) is 13.5. The Balaban J connectivity index is 1.62. The van der Waals surface area contributed by atoms with Gasteiger partial charge in [0.2, 0.25) is 17.7 Å². The zero-order chi connectivity index (χ0) is 30.4. The number of aliphatic carboxylic acids is 1. The monoisotopic (exact) mass is 577 g/mol. The van der Waals surface area contributed by atoms with E-state index >= 15 is 0 Å². The van der Waals surface area contributed by atoms with E-state index in [1.807, 2.05) is 38.1 Å². The first-order valence-corrected chi connectivity index (χ1v) is 14.3. The number of hydrogen-bond acceptors (Lipinski definition) is 6. The summed E-state index contributed by atoms with van der Waals surface area (Å²) in [4.78, 5) is 57.0. The van der Waals surface area contributed by atoms with Crippen LogP contribution in [0.3, 0.4) is 0 Å². The van der Waals surface area contributed by atoms with Gasteiger partial charge in [0.05, 0.1) is 6.04 Å². The maximum atomic E-state index is 13.8. The number of rotatable bonds is 12. The summed E-state index contributed by atoms with van der Waals surface area (Å²) in [6, 6.07) is 9.87. The van der Waals surface area contributed by atoms with Gasteiger partial charge in [0, 0.05) is 36.5 Å². The predicted molar refractivity (Wildman–Crippen MR) is 157 cm³/mol. The lowest BCUT2D eigenvalue weighted by atomic mass is 10.00. The number of nitrogens with one attached hydrogen (secondary N) is 3. The first-order chi connectivity index (χ1) is 20.0. The number of fused-ring (bicyclic) bond motifs is 1. The molecule has 1 aliphatic heterocycles. The number of aromatic hydroxyl groups is 1. The topological polar surface area (TPSA) is 178 Å². The maximum Gasteiger partial charge on any atom is 0.326 e. The zero-order valence-electron chi connectivity index (χ0n) is 23.9. The number of para-hydroxylation sites is 1. The molecule has 0 bridgehead atoms. The van der Waals surface area contributed by atoms with Crippen molar-refractivity contribution in [2.45, 2.75) is 70.1 Å². The summed E-state index contributed by atoms with van der Waals surface area (Å²) < 4.78 is 0. The molecule has 11 heteroatoms. The molecule has 1 aliphatic rings. The molecule has 1 fully saturated rings. The van der Waals surface area contributed by atoms with Crippen LogP contribution in [0.1, 0.15) is 44.2 Å². The summed E-state index contributed by atoms with van der Waals surface area (Å²) in [5, 5.41) is 25.9. The van der Waals surface area contributed by atoms with E-state index < -0.39 is 47.9 Å². The lowest BCUT2D eigenvalue weighted by Crippen LogP contribution is -2.58. The van der Waals surface area contributed by atoms with Crippen LogP contribution in [0.15, 0.2) is 54.7 Å². The van der Waals surface area contributed by atoms with Crippen molar-refractivity contribution in [3.63, 3.8) is 0 Å². The summed E-state index contributed by atoms with van der Waals surface area (Å²) in [7, 11) is 0. The van der Waals surface area contributed by atoms with Crippen molar-refractivity contribution < 1.29 is 29.4 Å². The first kappa shape index (κ1) is 30.6. The Morgan fingerprint density at radius 1 is 1.00 bits per heavy atom. The van der Waals surface area contributed by atoms with E-state index in [1.54, 1.807) is 18.3 Å². The van der Waals surface area contributed by atoms with Crippen molar-refractivity contribution in [1.82, 2.24) is 20.5 Å². The van der Waals surface area contributed by atoms with Crippen LogP contribution in [-0.2, 0) is 32.0 Å². The number of carbonyl (C=O) groups is 4. The number of carboxylic acids is 1. The molecule has 0 aliphatic carbocycles. The molecule has 1 saturated heterocycles. The van der Waals surface area contributed by atoms with Gasteiger partial charge in [-0.25, -0.2) is 4.79 Å². The van der Waals surface area contributed by atoms with Crippen LogP contribution in [0.25, 0.3) is 10.9 Å². The van der Waals surface area contributed by atoms with Gasteiger partial charge in [-0.1, -0.05) is 44.2 Å². The fourth-order valence-corrected chi connectivity index (χ4v) is 5.45. The van der Waals surface area contributed by atoms with Gasteiger partial charge in [0.25, 0.3) is 0 Å². The first-order valence-electron chi connectivity index (χ1n) is 14.3. The van der Waals surface area contributed by atoms with Crippen LogP contribution in [0, 0.1) is 5.92 Å². The Labute approximate surface area is 244 Å². The van der Waals surface area contributed by atoms with Gasteiger partial charge in [-0.2, -0.15) is 0 Å². The molecule has 3 amide bonds. The fraction of sp³-hybridized carbons (Fsp3) is 0.419. The minimum Gasteiger partial charge on any atom is -0.508 e. The van der Waals surface area contributed by atoms with E-state index in [2.05, 4.69) is 15.6 Å². The van der Waals surface area contributed by atoms with Gasteiger partial charge in [-0.3, -0.25) is 14.4 Å². The summed E-state index contributed by atoms with van der Waals surface area (Å²) >= 11 is 0. The third kappa shape index (κ3) is 7.47. The van der Waals surface area contributed by atoms with E-state index in [4.69, 9.17) is 5.73 Å². The molecular formula is C31H39N5O6. The number of H-pyrrole nitrogens is 1. The van der Waals surface area contributed by atoms with Crippen LogP contribution < -0.4 is 16.4 Å². The normalized spacial score (nSPS) is 17.1. The van der Waals surface area contributed by atoms with Crippen molar-refractivity contribution >= 4 is 34.6 Å². The standard InChI is InChI=1S/C31H39N5O6/c1-18(2)14-23(32)28(38)34-25(15-19-9-11-21(37)12-10-19)29(39)35-26(30(40)36-13-5-8-27(36)31(41)42)16-20-17-33-24-7-4-3-6-22(20)24/h3-4,6-7,9-12,17-18,23,25-27,33,37H,5,8,13-16,32H2,1-2H3,(H,34,38)(H,35,39)(H,41,42). The molecule has 4 rings (SSSR count). The van der Waals surface area contributed by atoms with E-state index in [9.17, 15) is 29.4 Å². The Hall–Kier alpha value is -4.38. The molecule has 4 atom stereocenters.